The summed E-state index contributed by atoms with van der Waals surface area (Å²) in [6.07, 6.45) is 10.1. The van der Waals surface area contributed by atoms with Crippen molar-refractivity contribution in [2.75, 3.05) is 13.7 Å². The van der Waals surface area contributed by atoms with Crippen molar-refractivity contribution in [3.8, 4) is 0 Å². The molecule has 2 saturated carbocycles. The molecule has 0 aromatic heterocycles. The van der Waals surface area contributed by atoms with E-state index in [2.05, 4.69) is 0 Å². The summed E-state index contributed by atoms with van der Waals surface area (Å²) in [7, 11) is 1.73. The van der Waals surface area contributed by atoms with Crippen LogP contribution in [0, 0.1) is 0 Å². The average molecular weight is 354 g/mol. The minimum Gasteiger partial charge on any atom is -0.376 e. The Morgan fingerprint density at radius 2 is 1.44 bits per heavy atom. The van der Waals surface area contributed by atoms with Crippen molar-refractivity contribution in [1.29, 1.82) is 0 Å². The minimum absolute atomic E-state index is 0.108. The zero-order chi connectivity index (χ0) is 16.9. The Hall–Kier alpha value is -0.240. The molecule has 2 spiro atoms. The van der Waals surface area contributed by atoms with Gasteiger partial charge in [0, 0.05) is 32.8 Å². The van der Waals surface area contributed by atoms with Crippen molar-refractivity contribution in [2.45, 2.75) is 106 Å². The van der Waals surface area contributed by atoms with Crippen LogP contribution >= 0.6 is 0 Å². The van der Waals surface area contributed by atoms with Gasteiger partial charge in [-0.15, -0.1) is 0 Å². The number of rotatable bonds is 2. The molecule has 0 amide bonds. The highest BCUT2D eigenvalue weighted by Gasteiger charge is 2.61. The third-order valence-electron chi connectivity index (χ3n) is 6.64. The summed E-state index contributed by atoms with van der Waals surface area (Å²) in [4.78, 5) is 0. The summed E-state index contributed by atoms with van der Waals surface area (Å²) in [5.41, 5.74) is 0. The zero-order valence-corrected chi connectivity index (χ0v) is 15.1. The Kier molecular flexibility index (Phi) is 4.34. The highest BCUT2D eigenvalue weighted by molar-refractivity contribution is 5.01. The topological polar surface area (TPSA) is 55.4 Å². The van der Waals surface area contributed by atoms with Gasteiger partial charge in [-0.3, -0.25) is 0 Å². The molecule has 5 aliphatic rings. The van der Waals surface area contributed by atoms with Crippen molar-refractivity contribution in [2.24, 2.45) is 0 Å². The monoisotopic (exact) mass is 354 g/mol. The van der Waals surface area contributed by atoms with E-state index in [1.807, 2.05) is 0 Å². The second kappa shape index (κ2) is 6.43. The Balaban J connectivity index is 1.27. The fourth-order valence-electron chi connectivity index (χ4n) is 5.34. The Bertz CT molecular complexity index is 484. The third-order valence-corrected chi connectivity index (χ3v) is 6.64. The van der Waals surface area contributed by atoms with E-state index in [0.29, 0.717) is 6.61 Å². The summed E-state index contributed by atoms with van der Waals surface area (Å²) in [6, 6.07) is 0. The van der Waals surface area contributed by atoms with Crippen LogP contribution in [0.4, 0.5) is 0 Å². The zero-order valence-electron chi connectivity index (χ0n) is 15.1. The first kappa shape index (κ1) is 16.9. The molecule has 3 saturated heterocycles. The fourth-order valence-corrected chi connectivity index (χ4v) is 5.34. The quantitative estimate of drug-likeness (QED) is 0.760. The minimum atomic E-state index is -0.451. The van der Waals surface area contributed by atoms with E-state index in [0.717, 1.165) is 38.5 Å². The fraction of sp³-hybridized carbons (Fsp3) is 1.00. The molecule has 6 nitrogen and oxygen atoms in total. The SMILES string of the molecule is CO[C@H]1[C@H]([C@@H]2COC3(CCCCC3)O2)O[C@H]2OC3(CCCCC3)O[C@@H]21. The van der Waals surface area contributed by atoms with E-state index in [1.165, 1.54) is 25.7 Å². The first-order chi connectivity index (χ1) is 12.2. The van der Waals surface area contributed by atoms with E-state index in [-0.39, 0.29) is 30.7 Å². The lowest BCUT2D eigenvalue weighted by atomic mass is 9.94. The lowest BCUT2D eigenvalue weighted by Crippen LogP contribution is -2.45. The van der Waals surface area contributed by atoms with E-state index < -0.39 is 11.6 Å². The number of methoxy groups -OCH3 is 1. The molecule has 5 rings (SSSR count). The van der Waals surface area contributed by atoms with Gasteiger partial charge >= 0.3 is 0 Å². The van der Waals surface area contributed by atoms with Crippen LogP contribution in [0.5, 0.6) is 0 Å². The molecule has 0 aromatic rings. The second-order valence-corrected chi connectivity index (χ2v) is 8.28. The first-order valence-electron chi connectivity index (χ1n) is 10.1. The first-order valence-corrected chi connectivity index (χ1v) is 10.1. The van der Waals surface area contributed by atoms with Gasteiger partial charge in [-0.1, -0.05) is 12.8 Å². The van der Waals surface area contributed by atoms with Gasteiger partial charge in [0.05, 0.1) is 6.61 Å². The van der Waals surface area contributed by atoms with Crippen molar-refractivity contribution in [1.82, 2.24) is 0 Å². The van der Waals surface area contributed by atoms with Gasteiger partial charge in [0.1, 0.15) is 24.4 Å². The van der Waals surface area contributed by atoms with Gasteiger partial charge in [-0.05, 0) is 25.7 Å². The molecule has 6 heteroatoms. The third kappa shape index (κ3) is 2.86. The largest absolute Gasteiger partial charge is 0.376 e. The molecule has 3 aliphatic heterocycles. The smallest absolute Gasteiger partial charge is 0.190 e. The number of fused-ring (bicyclic) bond motifs is 1. The molecular formula is C19H30O6. The molecule has 5 atom stereocenters. The predicted octanol–water partition coefficient (Wildman–Crippen LogP) is 2.88. The summed E-state index contributed by atoms with van der Waals surface area (Å²) >= 11 is 0. The summed E-state index contributed by atoms with van der Waals surface area (Å²) < 4.78 is 37.1. The van der Waals surface area contributed by atoms with Crippen LogP contribution in [0.2, 0.25) is 0 Å². The molecular weight excluding hydrogens is 324 g/mol. The van der Waals surface area contributed by atoms with Crippen molar-refractivity contribution >= 4 is 0 Å². The number of ether oxygens (including phenoxy) is 6. The van der Waals surface area contributed by atoms with Crippen LogP contribution in [0.1, 0.15) is 64.2 Å². The van der Waals surface area contributed by atoms with Crippen LogP contribution < -0.4 is 0 Å². The number of hydrogen-bond donors (Lipinski definition) is 0. The van der Waals surface area contributed by atoms with Gasteiger partial charge in [0.2, 0.25) is 0 Å². The van der Waals surface area contributed by atoms with Gasteiger partial charge < -0.3 is 28.4 Å². The number of hydrogen-bond acceptors (Lipinski definition) is 6. The van der Waals surface area contributed by atoms with Crippen LogP contribution in [-0.2, 0) is 28.4 Å². The Labute approximate surface area is 149 Å². The van der Waals surface area contributed by atoms with Crippen molar-refractivity contribution in [3.63, 3.8) is 0 Å². The Morgan fingerprint density at radius 3 is 2.12 bits per heavy atom. The van der Waals surface area contributed by atoms with Gasteiger partial charge in [-0.2, -0.15) is 0 Å². The standard InChI is InChI=1S/C19H30O6/c1-20-15-14(13-12-21-18(23-13)8-4-2-5-9-18)22-17-16(15)24-19(25-17)10-6-3-7-11-19/h13-17H,2-12H2,1H3/t13-,14-,15-,16+,17-/m0/s1. The van der Waals surface area contributed by atoms with E-state index in [1.54, 1.807) is 7.11 Å². The van der Waals surface area contributed by atoms with Crippen molar-refractivity contribution < 1.29 is 28.4 Å². The van der Waals surface area contributed by atoms with Gasteiger partial charge in [0.15, 0.2) is 17.9 Å². The highest BCUT2D eigenvalue weighted by atomic mass is 16.8. The maximum Gasteiger partial charge on any atom is 0.190 e. The van der Waals surface area contributed by atoms with Gasteiger partial charge in [-0.25, -0.2) is 0 Å². The molecule has 3 heterocycles. The molecule has 0 aromatic carbocycles. The van der Waals surface area contributed by atoms with Crippen LogP contribution in [0.3, 0.4) is 0 Å². The molecule has 25 heavy (non-hydrogen) atoms. The van der Waals surface area contributed by atoms with Crippen molar-refractivity contribution in [3.05, 3.63) is 0 Å². The predicted molar refractivity (Wildman–Crippen MR) is 87.9 cm³/mol. The van der Waals surface area contributed by atoms with E-state index in [9.17, 15) is 0 Å². The van der Waals surface area contributed by atoms with E-state index >= 15 is 0 Å². The lowest BCUT2D eigenvalue weighted by Gasteiger charge is -2.35. The summed E-state index contributed by atoms with van der Waals surface area (Å²) in [5.74, 6) is -0.846. The maximum atomic E-state index is 6.38. The maximum absolute atomic E-state index is 6.38. The molecule has 5 fully saturated rings. The molecule has 0 radical (unpaired) electrons. The molecule has 142 valence electrons. The van der Waals surface area contributed by atoms with E-state index in [4.69, 9.17) is 28.4 Å². The average Bonchev–Trinajstić information content (AvgIpc) is 3.27. The molecule has 0 unspecified atom stereocenters. The summed E-state index contributed by atoms with van der Waals surface area (Å²) in [6.45, 7) is 0.565. The van der Waals surface area contributed by atoms with Gasteiger partial charge in [0.25, 0.3) is 0 Å². The molecule has 2 aliphatic carbocycles. The molecule has 0 N–H and O–H groups in total. The second-order valence-electron chi connectivity index (χ2n) is 8.28. The lowest BCUT2D eigenvalue weighted by molar-refractivity contribution is -0.261. The van der Waals surface area contributed by atoms with Crippen LogP contribution in [0.25, 0.3) is 0 Å². The highest BCUT2D eigenvalue weighted by Crippen LogP contribution is 2.48. The molecule has 0 bridgehead atoms. The normalized spacial score (nSPS) is 45.2. The van der Waals surface area contributed by atoms with Crippen LogP contribution in [-0.4, -0.2) is 56.0 Å². The van der Waals surface area contributed by atoms with Crippen LogP contribution in [0.15, 0.2) is 0 Å². The summed E-state index contributed by atoms with van der Waals surface area (Å²) in [5, 5.41) is 0. The Morgan fingerprint density at radius 1 is 0.760 bits per heavy atom.